The number of tetrazole rings is 1. The predicted octanol–water partition coefficient (Wildman–Crippen LogP) is 2.66. The Kier molecular flexibility index (Phi) is 3.42. The summed E-state index contributed by atoms with van der Waals surface area (Å²) < 4.78 is 2.70. The van der Waals surface area contributed by atoms with Gasteiger partial charge >= 0.3 is 0 Å². The van der Waals surface area contributed by atoms with Crippen LogP contribution in [0.2, 0.25) is 0 Å². The number of halogens is 1. The third-order valence-electron chi connectivity index (χ3n) is 2.76. The minimum Gasteiger partial charge on any atom is -0.398 e. The predicted molar refractivity (Wildman–Crippen MR) is 70.4 cm³/mol. The molecule has 1 unspecified atom stereocenters. The largest absolute Gasteiger partial charge is 0.398 e. The lowest BCUT2D eigenvalue weighted by molar-refractivity contribution is 0.469. The van der Waals surface area contributed by atoms with Gasteiger partial charge in [-0.05, 0) is 57.9 Å². The van der Waals surface area contributed by atoms with Crippen LogP contribution in [0.25, 0.3) is 11.4 Å². The molecule has 0 amide bonds. The van der Waals surface area contributed by atoms with Gasteiger partial charge in [-0.2, -0.15) is 0 Å². The number of hydrogen-bond donors (Lipinski definition) is 1. The fourth-order valence-corrected chi connectivity index (χ4v) is 1.78. The van der Waals surface area contributed by atoms with Crippen LogP contribution in [0, 0.1) is 0 Å². The number of aromatic nitrogens is 4. The molecule has 90 valence electrons. The smallest absolute Gasteiger partial charge is 0.182 e. The lowest BCUT2D eigenvalue weighted by Crippen LogP contribution is -2.08. The first kappa shape index (κ1) is 12.0. The molecule has 2 N–H and O–H groups in total. The van der Waals surface area contributed by atoms with Crippen LogP contribution in [0.5, 0.6) is 0 Å². The van der Waals surface area contributed by atoms with E-state index in [9.17, 15) is 0 Å². The molecule has 0 saturated carbocycles. The van der Waals surface area contributed by atoms with Crippen molar-refractivity contribution in [3.05, 3.63) is 22.7 Å². The minimum atomic E-state index is 0.268. The molecular weight excluding hydrogens is 282 g/mol. The van der Waals surface area contributed by atoms with E-state index in [1.807, 2.05) is 22.9 Å². The molecule has 1 heterocycles. The van der Waals surface area contributed by atoms with Crippen LogP contribution in [0.3, 0.4) is 0 Å². The van der Waals surface area contributed by atoms with Crippen molar-refractivity contribution in [2.75, 3.05) is 5.73 Å². The summed E-state index contributed by atoms with van der Waals surface area (Å²) in [7, 11) is 0. The van der Waals surface area contributed by atoms with E-state index >= 15 is 0 Å². The van der Waals surface area contributed by atoms with E-state index in [2.05, 4.69) is 45.3 Å². The number of rotatable bonds is 3. The summed E-state index contributed by atoms with van der Waals surface area (Å²) in [6.07, 6.45) is 0.976. The number of anilines is 1. The Labute approximate surface area is 108 Å². The highest BCUT2D eigenvalue weighted by atomic mass is 79.9. The molecule has 1 atom stereocenters. The third-order valence-corrected chi connectivity index (χ3v) is 3.48. The SMILES string of the molecule is CCC(C)n1nnnc1-c1ccc(Br)c(N)c1. The van der Waals surface area contributed by atoms with Crippen LogP contribution in [0.4, 0.5) is 5.69 Å². The van der Waals surface area contributed by atoms with Crippen molar-refractivity contribution in [2.24, 2.45) is 0 Å². The normalized spacial score (nSPS) is 12.6. The van der Waals surface area contributed by atoms with Crippen LogP contribution >= 0.6 is 15.9 Å². The van der Waals surface area contributed by atoms with E-state index in [0.717, 1.165) is 22.3 Å². The van der Waals surface area contributed by atoms with E-state index in [0.29, 0.717) is 5.69 Å². The molecule has 0 aliphatic carbocycles. The van der Waals surface area contributed by atoms with Crippen LogP contribution in [0.15, 0.2) is 22.7 Å². The quantitative estimate of drug-likeness (QED) is 0.884. The summed E-state index contributed by atoms with van der Waals surface area (Å²) in [5.74, 6) is 0.749. The fourth-order valence-electron chi connectivity index (χ4n) is 1.54. The van der Waals surface area contributed by atoms with Crippen molar-refractivity contribution in [3.63, 3.8) is 0 Å². The van der Waals surface area contributed by atoms with Crippen molar-refractivity contribution < 1.29 is 0 Å². The van der Waals surface area contributed by atoms with Gasteiger partial charge in [-0.1, -0.05) is 6.92 Å². The Morgan fingerprint density at radius 2 is 2.24 bits per heavy atom. The number of benzene rings is 1. The Morgan fingerprint density at radius 1 is 1.47 bits per heavy atom. The van der Waals surface area contributed by atoms with Crippen LogP contribution < -0.4 is 5.73 Å². The maximum absolute atomic E-state index is 5.86. The molecule has 1 aromatic carbocycles. The van der Waals surface area contributed by atoms with Gasteiger partial charge in [-0.25, -0.2) is 4.68 Å². The van der Waals surface area contributed by atoms with Crippen LogP contribution in [-0.2, 0) is 0 Å². The summed E-state index contributed by atoms with van der Waals surface area (Å²) in [4.78, 5) is 0. The summed E-state index contributed by atoms with van der Waals surface area (Å²) in [5.41, 5.74) is 7.47. The second-order valence-corrected chi connectivity index (χ2v) is 4.79. The van der Waals surface area contributed by atoms with Gasteiger partial charge in [0.2, 0.25) is 0 Å². The van der Waals surface area contributed by atoms with Crippen molar-refractivity contribution in [2.45, 2.75) is 26.3 Å². The molecule has 0 saturated heterocycles. The van der Waals surface area contributed by atoms with Crippen molar-refractivity contribution >= 4 is 21.6 Å². The molecule has 1 aromatic heterocycles. The zero-order chi connectivity index (χ0) is 12.4. The molecule has 2 aromatic rings. The summed E-state index contributed by atoms with van der Waals surface area (Å²) in [6.45, 7) is 4.19. The molecule has 0 spiro atoms. The lowest BCUT2D eigenvalue weighted by atomic mass is 10.2. The molecule has 2 rings (SSSR count). The van der Waals surface area contributed by atoms with Crippen LogP contribution in [0.1, 0.15) is 26.3 Å². The third kappa shape index (κ3) is 2.31. The van der Waals surface area contributed by atoms with Gasteiger partial charge in [0.1, 0.15) is 0 Å². The van der Waals surface area contributed by atoms with Gasteiger partial charge in [0, 0.05) is 15.7 Å². The molecule has 0 radical (unpaired) electrons. The fraction of sp³-hybridized carbons (Fsp3) is 0.364. The standard InChI is InChI=1S/C11H14BrN5/c1-3-7(2)17-11(14-15-16-17)8-4-5-9(12)10(13)6-8/h4-7H,3,13H2,1-2H3. The minimum absolute atomic E-state index is 0.268. The molecule has 0 fully saturated rings. The molecule has 17 heavy (non-hydrogen) atoms. The first-order valence-electron chi connectivity index (χ1n) is 5.46. The van der Waals surface area contributed by atoms with Crippen LogP contribution in [-0.4, -0.2) is 20.2 Å². The molecule has 0 bridgehead atoms. The van der Waals surface area contributed by atoms with Gasteiger partial charge < -0.3 is 5.73 Å². The van der Waals surface area contributed by atoms with E-state index in [-0.39, 0.29) is 6.04 Å². The summed E-state index contributed by atoms with van der Waals surface area (Å²) >= 11 is 3.37. The average molecular weight is 296 g/mol. The first-order chi connectivity index (χ1) is 8.13. The molecule has 0 aliphatic rings. The van der Waals surface area contributed by atoms with E-state index in [1.54, 1.807) is 0 Å². The van der Waals surface area contributed by atoms with E-state index < -0.39 is 0 Å². The number of nitrogens with two attached hydrogens (primary N) is 1. The zero-order valence-corrected chi connectivity index (χ0v) is 11.3. The number of nitrogens with zero attached hydrogens (tertiary/aromatic N) is 4. The Morgan fingerprint density at radius 3 is 2.88 bits per heavy atom. The second-order valence-electron chi connectivity index (χ2n) is 3.94. The average Bonchev–Trinajstić information content (AvgIpc) is 2.80. The van der Waals surface area contributed by atoms with Crippen molar-refractivity contribution in [1.82, 2.24) is 20.2 Å². The van der Waals surface area contributed by atoms with Gasteiger partial charge in [0.25, 0.3) is 0 Å². The van der Waals surface area contributed by atoms with Crippen molar-refractivity contribution in [1.29, 1.82) is 0 Å². The lowest BCUT2D eigenvalue weighted by Gasteiger charge is -2.11. The molecule has 5 nitrogen and oxygen atoms in total. The molecular formula is C11H14BrN5. The highest BCUT2D eigenvalue weighted by Crippen LogP contribution is 2.26. The maximum Gasteiger partial charge on any atom is 0.182 e. The van der Waals surface area contributed by atoms with Gasteiger partial charge in [-0.3, -0.25) is 0 Å². The van der Waals surface area contributed by atoms with Gasteiger partial charge in [0.05, 0.1) is 6.04 Å². The molecule has 0 aliphatic heterocycles. The molecule has 6 heteroatoms. The van der Waals surface area contributed by atoms with E-state index in [4.69, 9.17) is 5.73 Å². The van der Waals surface area contributed by atoms with Gasteiger partial charge in [0.15, 0.2) is 5.82 Å². The topological polar surface area (TPSA) is 69.6 Å². The zero-order valence-electron chi connectivity index (χ0n) is 9.76. The van der Waals surface area contributed by atoms with Gasteiger partial charge in [-0.15, -0.1) is 5.10 Å². The maximum atomic E-state index is 5.86. The monoisotopic (exact) mass is 295 g/mol. The number of hydrogen-bond acceptors (Lipinski definition) is 4. The Bertz CT molecular complexity index is 522. The first-order valence-corrected chi connectivity index (χ1v) is 6.26. The van der Waals surface area contributed by atoms with Crippen molar-refractivity contribution in [3.8, 4) is 11.4 Å². The number of nitrogen functional groups attached to an aromatic ring is 1. The summed E-state index contributed by atoms with van der Waals surface area (Å²) in [5, 5.41) is 11.8. The van der Waals surface area contributed by atoms with E-state index in [1.165, 1.54) is 0 Å². The highest BCUT2D eigenvalue weighted by molar-refractivity contribution is 9.10. The Balaban J connectivity index is 2.46. The summed E-state index contributed by atoms with van der Waals surface area (Å²) in [6, 6.07) is 5.99. The Hall–Kier alpha value is -1.43. The second kappa shape index (κ2) is 4.83. The highest BCUT2D eigenvalue weighted by Gasteiger charge is 2.13.